The lowest BCUT2D eigenvalue weighted by Crippen LogP contribution is -2.47. The van der Waals surface area contributed by atoms with Gasteiger partial charge in [-0.3, -0.25) is 9.59 Å². The summed E-state index contributed by atoms with van der Waals surface area (Å²) >= 11 is 5.78. The van der Waals surface area contributed by atoms with Crippen LogP contribution in [0, 0.1) is 11.6 Å². The number of benzene rings is 2. The van der Waals surface area contributed by atoms with Crippen LogP contribution in [0.15, 0.2) is 42.5 Å². The van der Waals surface area contributed by atoms with Gasteiger partial charge < -0.3 is 10.0 Å². The fourth-order valence-corrected chi connectivity index (χ4v) is 3.32. The van der Waals surface area contributed by atoms with Crippen molar-refractivity contribution in [2.75, 3.05) is 11.4 Å². The Morgan fingerprint density at radius 3 is 2.65 bits per heavy atom. The van der Waals surface area contributed by atoms with E-state index >= 15 is 0 Å². The number of anilines is 1. The van der Waals surface area contributed by atoms with Gasteiger partial charge in [-0.25, -0.2) is 8.78 Å². The summed E-state index contributed by atoms with van der Waals surface area (Å²) in [5, 5.41) is 10.8. The first-order valence-electron chi connectivity index (χ1n) is 8.08. The molecule has 4 nitrogen and oxygen atoms in total. The minimum atomic E-state index is -2.15. The van der Waals surface area contributed by atoms with E-state index in [4.69, 9.17) is 11.6 Å². The number of rotatable bonds is 5. The largest absolute Gasteiger partial charge is 0.373 e. The van der Waals surface area contributed by atoms with Crippen LogP contribution < -0.4 is 4.90 Å². The summed E-state index contributed by atoms with van der Waals surface area (Å²) in [6.07, 6.45) is -0.0734. The number of aryl methyl sites for hydroxylation is 1. The topological polar surface area (TPSA) is 57.6 Å². The number of halogens is 3. The first kappa shape index (κ1) is 18.5. The molecule has 2 aromatic carbocycles. The summed E-state index contributed by atoms with van der Waals surface area (Å²) in [4.78, 5) is 26.2. The Morgan fingerprint density at radius 1 is 1.19 bits per heavy atom. The Labute approximate surface area is 154 Å². The highest BCUT2D eigenvalue weighted by molar-refractivity contribution is 6.30. The maximum atomic E-state index is 13.4. The van der Waals surface area contributed by atoms with E-state index in [-0.39, 0.29) is 36.5 Å². The van der Waals surface area contributed by atoms with Crippen molar-refractivity contribution >= 4 is 29.0 Å². The van der Waals surface area contributed by atoms with Gasteiger partial charge in [0, 0.05) is 30.1 Å². The molecule has 0 saturated carbocycles. The van der Waals surface area contributed by atoms with Crippen LogP contribution in [0.2, 0.25) is 5.02 Å². The van der Waals surface area contributed by atoms with Gasteiger partial charge in [0.1, 0.15) is 11.6 Å². The summed E-state index contributed by atoms with van der Waals surface area (Å²) < 4.78 is 26.7. The second-order valence-corrected chi connectivity index (χ2v) is 6.68. The third-order valence-corrected chi connectivity index (χ3v) is 4.66. The molecule has 1 amide bonds. The Morgan fingerprint density at radius 2 is 1.96 bits per heavy atom. The van der Waals surface area contributed by atoms with Crippen LogP contribution in [0.3, 0.4) is 0 Å². The molecule has 1 N–H and O–H groups in total. The van der Waals surface area contributed by atoms with Crippen molar-refractivity contribution in [1.29, 1.82) is 0 Å². The van der Waals surface area contributed by atoms with E-state index in [1.54, 1.807) is 0 Å². The van der Waals surface area contributed by atoms with Crippen LogP contribution in [0.5, 0.6) is 0 Å². The van der Waals surface area contributed by atoms with E-state index in [2.05, 4.69) is 0 Å². The number of aliphatic hydroxyl groups is 1. The fraction of sp³-hybridized carbons (Fsp3) is 0.263. The van der Waals surface area contributed by atoms with Gasteiger partial charge in [0.05, 0.1) is 0 Å². The van der Waals surface area contributed by atoms with Crippen molar-refractivity contribution in [2.24, 2.45) is 0 Å². The molecule has 1 atom stereocenters. The average molecular weight is 380 g/mol. The smallest absolute Gasteiger partial charge is 0.266 e. The highest BCUT2D eigenvalue weighted by Gasteiger charge is 2.50. The molecule has 0 spiro atoms. The summed E-state index contributed by atoms with van der Waals surface area (Å²) in [6.45, 7) is 0.107. The Bertz CT molecular complexity index is 853. The summed E-state index contributed by atoms with van der Waals surface area (Å²) in [7, 11) is 0. The summed E-state index contributed by atoms with van der Waals surface area (Å²) in [5.41, 5.74) is -1.36. The van der Waals surface area contributed by atoms with Gasteiger partial charge in [-0.1, -0.05) is 17.7 Å². The number of nitrogens with zero attached hydrogens (tertiary/aromatic N) is 1. The molecular formula is C19H16ClF2NO3. The fourth-order valence-electron chi connectivity index (χ4n) is 3.07. The van der Waals surface area contributed by atoms with Crippen LogP contribution >= 0.6 is 11.6 Å². The van der Waals surface area contributed by atoms with E-state index in [9.17, 15) is 23.5 Å². The maximum absolute atomic E-state index is 13.4. The van der Waals surface area contributed by atoms with Gasteiger partial charge in [-0.05, 0) is 48.4 Å². The first-order chi connectivity index (χ1) is 12.3. The molecule has 0 unspecified atom stereocenters. The van der Waals surface area contributed by atoms with Gasteiger partial charge in [-0.15, -0.1) is 0 Å². The second kappa shape index (κ2) is 7.13. The zero-order chi connectivity index (χ0) is 18.9. The van der Waals surface area contributed by atoms with E-state index < -0.39 is 28.9 Å². The summed E-state index contributed by atoms with van der Waals surface area (Å²) in [5.74, 6) is -2.46. The van der Waals surface area contributed by atoms with Crippen LogP contribution in [0.4, 0.5) is 14.5 Å². The third kappa shape index (κ3) is 3.61. The average Bonchev–Trinajstić information content (AvgIpc) is 2.88. The number of carbonyl (C=O) groups excluding carboxylic acids is 2. The minimum Gasteiger partial charge on any atom is -0.373 e. The molecule has 0 aliphatic carbocycles. The molecule has 0 bridgehead atoms. The highest BCUT2D eigenvalue weighted by atomic mass is 35.5. The van der Waals surface area contributed by atoms with Crippen LogP contribution in [-0.2, 0) is 16.0 Å². The molecule has 3 rings (SSSR count). The molecular weight excluding hydrogens is 364 g/mol. The molecule has 1 fully saturated rings. The zero-order valence-electron chi connectivity index (χ0n) is 13.7. The van der Waals surface area contributed by atoms with Crippen LogP contribution in [0.1, 0.15) is 18.4 Å². The molecule has 26 heavy (non-hydrogen) atoms. The lowest BCUT2D eigenvalue weighted by atomic mass is 9.92. The van der Waals surface area contributed by atoms with Crippen molar-refractivity contribution in [3.8, 4) is 0 Å². The number of ketones is 1. The maximum Gasteiger partial charge on any atom is 0.266 e. The molecule has 0 radical (unpaired) electrons. The van der Waals surface area contributed by atoms with Crippen molar-refractivity contribution in [3.63, 3.8) is 0 Å². The number of hydrogen-bond acceptors (Lipinski definition) is 3. The van der Waals surface area contributed by atoms with E-state index in [1.807, 2.05) is 0 Å². The van der Waals surface area contributed by atoms with Crippen LogP contribution in [-0.4, -0.2) is 28.9 Å². The van der Waals surface area contributed by atoms with Crippen molar-refractivity contribution in [3.05, 3.63) is 64.7 Å². The van der Waals surface area contributed by atoms with Crippen molar-refractivity contribution in [2.45, 2.75) is 24.9 Å². The molecule has 136 valence electrons. The second-order valence-electron chi connectivity index (χ2n) is 6.25. The van der Waals surface area contributed by atoms with Gasteiger partial charge in [-0.2, -0.15) is 0 Å². The normalized spacial score (nSPS) is 19.8. The van der Waals surface area contributed by atoms with E-state index in [0.29, 0.717) is 5.56 Å². The van der Waals surface area contributed by atoms with E-state index in [0.717, 1.165) is 6.07 Å². The molecule has 1 saturated heterocycles. The van der Waals surface area contributed by atoms with Gasteiger partial charge in [0.15, 0.2) is 5.78 Å². The third-order valence-electron chi connectivity index (χ3n) is 4.44. The lowest BCUT2D eigenvalue weighted by molar-refractivity contribution is -0.147. The van der Waals surface area contributed by atoms with Crippen molar-refractivity contribution in [1.82, 2.24) is 0 Å². The predicted molar refractivity (Wildman–Crippen MR) is 93.1 cm³/mol. The molecule has 7 heteroatoms. The van der Waals surface area contributed by atoms with Crippen LogP contribution in [0.25, 0.3) is 0 Å². The van der Waals surface area contributed by atoms with Crippen molar-refractivity contribution < 1.29 is 23.5 Å². The number of hydrogen-bond donors (Lipinski definition) is 1. The SMILES string of the molecule is O=C(CCc1cc(F)cc(Cl)c1)[C@@]1(O)CCN(c2cccc(F)c2)C1=O. The minimum absolute atomic E-state index is 0.0783. The zero-order valence-corrected chi connectivity index (χ0v) is 14.5. The standard InChI is InChI=1S/C19H16ClF2NO3/c20-13-8-12(9-15(22)10-13)4-5-17(24)19(26)6-7-23(18(19)25)16-3-1-2-14(21)11-16/h1-3,8-11,26H,4-7H2/t19-/m0/s1. The number of carbonyl (C=O) groups is 2. The Kier molecular flexibility index (Phi) is 5.07. The first-order valence-corrected chi connectivity index (χ1v) is 8.45. The molecule has 0 aromatic heterocycles. The van der Waals surface area contributed by atoms with Gasteiger partial charge >= 0.3 is 0 Å². The van der Waals surface area contributed by atoms with E-state index in [1.165, 1.54) is 41.3 Å². The Balaban J connectivity index is 1.71. The van der Waals surface area contributed by atoms with Gasteiger partial charge in [0.2, 0.25) is 5.60 Å². The van der Waals surface area contributed by atoms with Gasteiger partial charge in [0.25, 0.3) is 5.91 Å². The quantitative estimate of drug-likeness (QED) is 0.811. The molecule has 2 aromatic rings. The molecule has 1 heterocycles. The lowest BCUT2D eigenvalue weighted by Gasteiger charge is -2.21. The Hall–Kier alpha value is -2.31. The number of amides is 1. The summed E-state index contributed by atoms with van der Waals surface area (Å²) in [6, 6.07) is 9.32. The number of Topliss-reactive ketones (excluding diaryl/α,β-unsaturated/α-hetero) is 1. The molecule has 1 aliphatic rings. The highest BCUT2D eigenvalue weighted by Crippen LogP contribution is 2.30. The predicted octanol–water partition coefficient (Wildman–Crippen LogP) is 3.29. The monoisotopic (exact) mass is 379 g/mol. The molecule has 1 aliphatic heterocycles.